The van der Waals surface area contributed by atoms with Gasteiger partial charge < -0.3 is 20.4 Å². The highest BCUT2D eigenvalue weighted by atomic mass is 127. The Bertz CT molecular complexity index is 421. The highest BCUT2D eigenvalue weighted by Gasteiger charge is 2.34. The number of guanidine groups is 1. The Kier molecular flexibility index (Phi) is 12.2. The molecular weight excluding hydrogens is 449 g/mol. The van der Waals surface area contributed by atoms with Gasteiger partial charge in [0.2, 0.25) is 0 Å². The van der Waals surface area contributed by atoms with E-state index in [1.165, 1.54) is 77.7 Å². The van der Waals surface area contributed by atoms with Gasteiger partial charge in [-0.05, 0) is 70.1 Å². The molecular formula is C21H44IN5. The molecule has 0 spiro atoms. The predicted molar refractivity (Wildman–Crippen MR) is 128 cm³/mol. The number of nitrogens with one attached hydrogen (secondary N) is 2. The molecule has 160 valence electrons. The van der Waals surface area contributed by atoms with Crippen LogP contribution in [0.15, 0.2) is 4.99 Å². The summed E-state index contributed by atoms with van der Waals surface area (Å²) < 4.78 is 0. The number of hydrogen-bond acceptors (Lipinski definition) is 3. The minimum absolute atomic E-state index is 0. The Hall–Kier alpha value is -0.0800. The van der Waals surface area contributed by atoms with Crippen LogP contribution in [-0.2, 0) is 0 Å². The summed E-state index contributed by atoms with van der Waals surface area (Å²) in [5.74, 6) is 1.76. The van der Waals surface area contributed by atoms with E-state index in [1.54, 1.807) is 0 Å². The molecule has 2 fully saturated rings. The molecule has 1 aliphatic heterocycles. The van der Waals surface area contributed by atoms with E-state index < -0.39 is 0 Å². The standard InChI is InChI=1S/C21H43N5.HI/c1-19(2)17-21(9-5-6-10-21)18-24-20(22-3)23-11-7-13-26-14-8-12-25(4)15-16-26;/h19H,5-18H2,1-4H3,(H2,22,23,24);1H. The van der Waals surface area contributed by atoms with Gasteiger partial charge in [-0.2, -0.15) is 0 Å². The van der Waals surface area contributed by atoms with E-state index >= 15 is 0 Å². The fraction of sp³-hybridized carbons (Fsp3) is 0.952. The first-order chi connectivity index (χ1) is 12.5. The van der Waals surface area contributed by atoms with Gasteiger partial charge in [-0.25, -0.2) is 0 Å². The molecule has 6 heteroatoms. The molecule has 1 saturated carbocycles. The van der Waals surface area contributed by atoms with Crippen LogP contribution in [0.1, 0.15) is 58.8 Å². The molecule has 0 radical (unpaired) electrons. The first kappa shape index (κ1) is 25.0. The maximum absolute atomic E-state index is 4.44. The minimum atomic E-state index is 0. The zero-order chi connectivity index (χ0) is 18.8. The Balaban J connectivity index is 0.00000364. The molecule has 0 aromatic rings. The molecule has 0 unspecified atom stereocenters. The summed E-state index contributed by atoms with van der Waals surface area (Å²) in [4.78, 5) is 9.50. The Labute approximate surface area is 185 Å². The Morgan fingerprint density at radius 1 is 1.04 bits per heavy atom. The SMILES string of the molecule is CN=C(NCCCN1CCCN(C)CC1)NCC1(CC(C)C)CCCC1.I. The normalized spacial score (nSPS) is 21.7. The molecule has 0 bridgehead atoms. The lowest BCUT2D eigenvalue weighted by molar-refractivity contribution is 0.234. The fourth-order valence-electron chi connectivity index (χ4n) is 4.77. The number of likely N-dealkylation sites (N-methyl/N-ethyl adjacent to an activating group) is 1. The van der Waals surface area contributed by atoms with E-state index in [-0.39, 0.29) is 24.0 Å². The monoisotopic (exact) mass is 493 g/mol. The third kappa shape index (κ3) is 9.31. The largest absolute Gasteiger partial charge is 0.356 e. The highest BCUT2D eigenvalue weighted by Crippen LogP contribution is 2.42. The molecule has 0 aromatic heterocycles. The van der Waals surface area contributed by atoms with Gasteiger partial charge in [0.25, 0.3) is 0 Å². The maximum Gasteiger partial charge on any atom is 0.190 e. The number of hydrogen-bond donors (Lipinski definition) is 2. The van der Waals surface area contributed by atoms with Crippen molar-refractivity contribution in [2.45, 2.75) is 58.8 Å². The summed E-state index contributed by atoms with van der Waals surface area (Å²) in [5, 5.41) is 7.16. The molecule has 0 amide bonds. The van der Waals surface area contributed by atoms with E-state index in [4.69, 9.17) is 0 Å². The highest BCUT2D eigenvalue weighted by molar-refractivity contribution is 14.0. The van der Waals surface area contributed by atoms with Gasteiger partial charge in [0, 0.05) is 33.2 Å². The van der Waals surface area contributed by atoms with Crippen molar-refractivity contribution in [1.82, 2.24) is 20.4 Å². The van der Waals surface area contributed by atoms with Crippen molar-refractivity contribution in [3.63, 3.8) is 0 Å². The van der Waals surface area contributed by atoms with Crippen LogP contribution in [0.5, 0.6) is 0 Å². The van der Waals surface area contributed by atoms with Gasteiger partial charge in [0.1, 0.15) is 0 Å². The van der Waals surface area contributed by atoms with Crippen LogP contribution in [0.2, 0.25) is 0 Å². The number of rotatable bonds is 8. The summed E-state index contributed by atoms with van der Waals surface area (Å²) in [6.45, 7) is 12.9. The minimum Gasteiger partial charge on any atom is -0.356 e. The quantitative estimate of drug-likeness (QED) is 0.236. The van der Waals surface area contributed by atoms with Crippen molar-refractivity contribution in [3.05, 3.63) is 0 Å². The van der Waals surface area contributed by atoms with Gasteiger partial charge in [-0.15, -0.1) is 24.0 Å². The lowest BCUT2D eigenvalue weighted by atomic mass is 9.78. The van der Waals surface area contributed by atoms with Crippen LogP contribution < -0.4 is 10.6 Å². The molecule has 0 atom stereocenters. The number of halogens is 1. The second-order valence-electron chi connectivity index (χ2n) is 9.01. The van der Waals surface area contributed by atoms with E-state index in [2.05, 4.69) is 46.3 Å². The molecule has 27 heavy (non-hydrogen) atoms. The summed E-state index contributed by atoms with van der Waals surface area (Å²) in [5.41, 5.74) is 0.490. The van der Waals surface area contributed by atoms with Crippen molar-refractivity contribution in [2.75, 3.05) is 59.9 Å². The van der Waals surface area contributed by atoms with Gasteiger partial charge in [0.15, 0.2) is 5.96 Å². The van der Waals surface area contributed by atoms with Crippen LogP contribution in [0.25, 0.3) is 0 Å². The first-order valence-electron chi connectivity index (χ1n) is 10.9. The summed E-state index contributed by atoms with van der Waals surface area (Å²) >= 11 is 0. The van der Waals surface area contributed by atoms with Crippen molar-refractivity contribution in [3.8, 4) is 0 Å². The van der Waals surface area contributed by atoms with Crippen LogP contribution in [0.4, 0.5) is 0 Å². The van der Waals surface area contributed by atoms with Gasteiger partial charge >= 0.3 is 0 Å². The molecule has 2 aliphatic rings. The smallest absolute Gasteiger partial charge is 0.190 e. The maximum atomic E-state index is 4.44. The van der Waals surface area contributed by atoms with Crippen molar-refractivity contribution >= 4 is 29.9 Å². The third-order valence-corrected chi connectivity index (χ3v) is 6.12. The fourth-order valence-corrected chi connectivity index (χ4v) is 4.77. The molecule has 0 aromatic carbocycles. The predicted octanol–water partition coefficient (Wildman–Crippen LogP) is 3.40. The molecule has 2 N–H and O–H groups in total. The molecule has 1 heterocycles. The van der Waals surface area contributed by atoms with Crippen LogP contribution in [0, 0.1) is 11.3 Å². The Morgan fingerprint density at radius 3 is 2.44 bits per heavy atom. The summed E-state index contributed by atoms with van der Waals surface area (Å²) in [6.07, 6.45) is 9.35. The van der Waals surface area contributed by atoms with E-state index in [0.717, 1.165) is 25.0 Å². The second-order valence-corrected chi connectivity index (χ2v) is 9.01. The van der Waals surface area contributed by atoms with Gasteiger partial charge in [-0.3, -0.25) is 4.99 Å². The number of nitrogens with zero attached hydrogens (tertiary/aromatic N) is 3. The molecule has 5 nitrogen and oxygen atoms in total. The molecule has 1 saturated heterocycles. The zero-order valence-electron chi connectivity index (χ0n) is 18.2. The first-order valence-corrected chi connectivity index (χ1v) is 10.9. The van der Waals surface area contributed by atoms with Crippen LogP contribution in [0.3, 0.4) is 0 Å². The average Bonchev–Trinajstić information content (AvgIpc) is 2.95. The third-order valence-electron chi connectivity index (χ3n) is 6.12. The van der Waals surface area contributed by atoms with Gasteiger partial charge in [-0.1, -0.05) is 26.7 Å². The summed E-state index contributed by atoms with van der Waals surface area (Å²) in [6, 6.07) is 0. The van der Waals surface area contributed by atoms with Crippen molar-refractivity contribution in [1.29, 1.82) is 0 Å². The van der Waals surface area contributed by atoms with Gasteiger partial charge in [0.05, 0.1) is 0 Å². The van der Waals surface area contributed by atoms with Crippen LogP contribution >= 0.6 is 24.0 Å². The lowest BCUT2D eigenvalue weighted by Crippen LogP contribution is -2.44. The summed E-state index contributed by atoms with van der Waals surface area (Å²) in [7, 11) is 4.13. The lowest BCUT2D eigenvalue weighted by Gasteiger charge is -2.32. The van der Waals surface area contributed by atoms with Crippen molar-refractivity contribution in [2.24, 2.45) is 16.3 Å². The number of aliphatic imine (C=N–C) groups is 1. The molecule has 2 rings (SSSR count). The molecule has 1 aliphatic carbocycles. The van der Waals surface area contributed by atoms with Crippen molar-refractivity contribution < 1.29 is 0 Å². The Morgan fingerprint density at radius 2 is 1.78 bits per heavy atom. The topological polar surface area (TPSA) is 42.9 Å². The zero-order valence-corrected chi connectivity index (χ0v) is 20.6. The van der Waals surface area contributed by atoms with E-state index in [1.807, 2.05) is 7.05 Å². The van der Waals surface area contributed by atoms with Crippen LogP contribution in [-0.4, -0.2) is 75.7 Å². The van der Waals surface area contributed by atoms with E-state index in [0.29, 0.717) is 5.41 Å². The van der Waals surface area contributed by atoms with E-state index in [9.17, 15) is 0 Å². The second kappa shape index (κ2) is 13.2. The average molecular weight is 494 g/mol.